The number of amides is 1. The lowest BCUT2D eigenvalue weighted by Gasteiger charge is -2.19. The SMILES string of the molecule is [N-]=[N+]=NCCCCCCCCC/C=C/[C@@H](O)[C@H](CO)NC(=O)CBr. The molecular weight excluding hydrogens is 376 g/mol. The van der Waals surface area contributed by atoms with Gasteiger partial charge in [-0.2, -0.15) is 0 Å². The Labute approximate surface area is 152 Å². The fraction of sp³-hybridized carbons (Fsp3) is 0.812. The zero-order chi connectivity index (χ0) is 18.0. The van der Waals surface area contributed by atoms with Crippen molar-refractivity contribution in [1.82, 2.24) is 5.32 Å². The molecule has 7 nitrogen and oxygen atoms in total. The van der Waals surface area contributed by atoms with Gasteiger partial charge in [0.15, 0.2) is 0 Å². The van der Waals surface area contributed by atoms with Crippen LogP contribution in [0.25, 0.3) is 10.4 Å². The van der Waals surface area contributed by atoms with Gasteiger partial charge in [-0.25, -0.2) is 0 Å². The first kappa shape index (κ1) is 22.9. The van der Waals surface area contributed by atoms with Gasteiger partial charge in [-0.15, -0.1) is 0 Å². The van der Waals surface area contributed by atoms with E-state index in [1.165, 1.54) is 19.3 Å². The van der Waals surface area contributed by atoms with E-state index in [-0.39, 0.29) is 17.8 Å². The van der Waals surface area contributed by atoms with Crippen molar-refractivity contribution in [2.45, 2.75) is 63.5 Å². The second kappa shape index (κ2) is 16.8. The number of azide groups is 1. The lowest BCUT2D eigenvalue weighted by molar-refractivity contribution is -0.120. The molecule has 0 aromatic heterocycles. The normalized spacial score (nSPS) is 13.5. The summed E-state index contributed by atoms with van der Waals surface area (Å²) in [4.78, 5) is 14.0. The topological polar surface area (TPSA) is 118 Å². The van der Waals surface area contributed by atoms with Crippen LogP contribution in [-0.4, -0.2) is 46.7 Å². The monoisotopic (exact) mass is 404 g/mol. The van der Waals surface area contributed by atoms with Gasteiger partial charge >= 0.3 is 0 Å². The molecule has 0 aromatic carbocycles. The van der Waals surface area contributed by atoms with Crippen LogP contribution in [0.15, 0.2) is 17.3 Å². The summed E-state index contributed by atoms with van der Waals surface area (Å²) in [5.41, 5.74) is 8.14. The molecule has 0 radical (unpaired) electrons. The van der Waals surface area contributed by atoms with Crippen LogP contribution < -0.4 is 5.32 Å². The van der Waals surface area contributed by atoms with Crippen molar-refractivity contribution in [3.05, 3.63) is 22.6 Å². The molecule has 0 aliphatic heterocycles. The molecule has 0 rings (SSSR count). The molecule has 0 heterocycles. The molecule has 24 heavy (non-hydrogen) atoms. The van der Waals surface area contributed by atoms with Crippen LogP contribution in [0.2, 0.25) is 0 Å². The number of halogens is 1. The molecule has 0 fully saturated rings. The standard InChI is InChI=1S/C16H29BrN4O3/c17-12-16(24)20-14(13-22)15(23)10-8-6-4-2-1-3-5-7-9-11-19-21-18/h8,10,14-15,22-23H,1-7,9,11-13H2,(H,20,24)/b10-8+/t14-,15+/m0/s1. The summed E-state index contributed by atoms with van der Waals surface area (Å²) in [5.74, 6) is -0.263. The Balaban J connectivity index is 3.62. The van der Waals surface area contributed by atoms with Gasteiger partial charge in [-0.1, -0.05) is 65.3 Å². The summed E-state index contributed by atoms with van der Waals surface area (Å²) in [6, 6.07) is -0.670. The maximum atomic E-state index is 11.2. The molecule has 0 spiro atoms. The second-order valence-electron chi connectivity index (χ2n) is 5.63. The largest absolute Gasteiger partial charge is 0.394 e. The van der Waals surface area contributed by atoms with Crippen molar-refractivity contribution in [3.63, 3.8) is 0 Å². The third-order valence-corrected chi connectivity index (χ3v) is 4.11. The number of nitrogens with one attached hydrogen (secondary N) is 1. The maximum absolute atomic E-state index is 11.2. The number of carbonyl (C=O) groups is 1. The van der Waals surface area contributed by atoms with Crippen LogP contribution in [0.1, 0.15) is 51.4 Å². The zero-order valence-electron chi connectivity index (χ0n) is 14.1. The number of unbranched alkanes of at least 4 members (excludes halogenated alkanes) is 7. The Morgan fingerprint density at radius 1 is 1.21 bits per heavy atom. The van der Waals surface area contributed by atoms with E-state index in [1.54, 1.807) is 6.08 Å². The number of hydrogen-bond donors (Lipinski definition) is 3. The highest BCUT2D eigenvalue weighted by atomic mass is 79.9. The van der Waals surface area contributed by atoms with Gasteiger partial charge in [0, 0.05) is 11.5 Å². The van der Waals surface area contributed by atoms with E-state index in [2.05, 4.69) is 31.3 Å². The third-order valence-electron chi connectivity index (χ3n) is 3.60. The molecule has 0 aromatic rings. The van der Waals surface area contributed by atoms with Gasteiger partial charge in [0.05, 0.1) is 24.1 Å². The number of alkyl halides is 1. The molecule has 0 aliphatic rings. The van der Waals surface area contributed by atoms with Gasteiger partial charge in [-0.3, -0.25) is 4.79 Å². The number of allylic oxidation sites excluding steroid dienone is 1. The molecule has 0 bridgehead atoms. The molecule has 0 unspecified atom stereocenters. The van der Waals surface area contributed by atoms with Crippen molar-refractivity contribution in [1.29, 1.82) is 0 Å². The van der Waals surface area contributed by atoms with Gasteiger partial charge in [0.25, 0.3) is 0 Å². The molecule has 0 aliphatic carbocycles. The fourth-order valence-corrected chi connectivity index (χ4v) is 2.39. The Hall–Kier alpha value is -1.08. The van der Waals surface area contributed by atoms with E-state index in [4.69, 9.17) is 5.53 Å². The minimum Gasteiger partial charge on any atom is -0.394 e. The van der Waals surface area contributed by atoms with E-state index < -0.39 is 12.1 Å². The van der Waals surface area contributed by atoms with Gasteiger partial charge in [-0.05, 0) is 24.8 Å². The number of nitrogens with zero attached hydrogens (tertiary/aromatic N) is 3. The lowest BCUT2D eigenvalue weighted by atomic mass is 10.1. The van der Waals surface area contributed by atoms with Crippen molar-refractivity contribution in [2.75, 3.05) is 18.5 Å². The quantitative estimate of drug-likeness (QED) is 0.0969. The number of carbonyl (C=O) groups excluding carboxylic acids is 1. The first-order valence-corrected chi connectivity index (χ1v) is 9.59. The van der Waals surface area contributed by atoms with Crippen molar-refractivity contribution >= 4 is 21.8 Å². The summed E-state index contributed by atoms with van der Waals surface area (Å²) in [5, 5.41) is 25.3. The van der Waals surface area contributed by atoms with Gasteiger partial charge in [0.1, 0.15) is 0 Å². The molecule has 0 saturated carbocycles. The molecule has 138 valence electrons. The predicted octanol–water partition coefficient (Wildman–Crippen LogP) is 3.21. The van der Waals surface area contributed by atoms with E-state index in [0.29, 0.717) is 6.54 Å². The average Bonchev–Trinajstić information content (AvgIpc) is 2.60. The average molecular weight is 405 g/mol. The summed E-state index contributed by atoms with van der Waals surface area (Å²) >= 11 is 3.02. The maximum Gasteiger partial charge on any atom is 0.231 e. The summed E-state index contributed by atoms with van der Waals surface area (Å²) in [6.07, 6.45) is 11.3. The van der Waals surface area contributed by atoms with Crippen LogP contribution in [0.3, 0.4) is 0 Å². The smallest absolute Gasteiger partial charge is 0.231 e. The van der Waals surface area contributed by atoms with E-state index in [1.807, 2.05) is 6.08 Å². The molecular formula is C16H29BrN4O3. The molecule has 3 N–H and O–H groups in total. The van der Waals surface area contributed by atoms with Crippen molar-refractivity contribution in [3.8, 4) is 0 Å². The summed E-state index contributed by atoms with van der Waals surface area (Å²) < 4.78 is 0. The highest BCUT2D eigenvalue weighted by Gasteiger charge is 2.17. The lowest BCUT2D eigenvalue weighted by Crippen LogP contribution is -2.45. The Kier molecular flexibility index (Phi) is 16.0. The number of hydrogen-bond acceptors (Lipinski definition) is 4. The van der Waals surface area contributed by atoms with Gasteiger partial charge in [0.2, 0.25) is 5.91 Å². The number of aliphatic hydroxyl groups is 2. The Bertz CT molecular complexity index is 401. The van der Waals surface area contributed by atoms with E-state index >= 15 is 0 Å². The second-order valence-corrected chi connectivity index (χ2v) is 6.19. The summed E-state index contributed by atoms with van der Waals surface area (Å²) in [6.45, 7) is 0.290. The predicted molar refractivity (Wildman–Crippen MR) is 98.9 cm³/mol. The van der Waals surface area contributed by atoms with Crippen LogP contribution in [0.5, 0.6) is 0 Å². The zero-order valence-corrected chi connectivity index (χ0v) is 15.7. The molecule has 0 saturated heterocycles. The van der Waals surface area contributed by atoms with Crippen molar-refractivity contribution < 1.29 is 15.0 Å². The molecule has 2 atom stereocenters. The van der Waals surface area contributed by atoms with Crippen LogP contribution in [-0.2, 0) is 4.79 Å². The first-order valence-electron chi connectivity index (χ1n) is 8.47. The van der Waals surface area contributed by atoms with Crippen LogP contribution in [0, 0.1) is 0 Å². The number of aliphatic hydroxyl groups excluding tert-OH is 2. The van der Waals surface area contributed by atoms with Crippen molar-refractivity contribution in [2.24, 2.45) is 5.11 Å². The minimum atomic E-state index is -0.880. The summed E-state index contributed by atoms with van der Waals surface area (Å²) in [7, 11) is 0. The van der Waals surface area contributed by atoms with E-state index in [0.717, 1.165) is 32.1 Å². The highest BCUT2D eigenvalue weighted by molar-refractivity contribution is 9.09. The Morgan fingerprint density at radius 3 is 2.42 bits per heavy atom. The third kappa shape index (κ3) is 13.4. The van der Waals surface area contributed by atoms with E-state index in [9.17, 15) is 15.0 Å². The van der Waals surface area contributed by atoms with Gasteiger partial charge < -0.3 is 15.5 Å². The Morgan fingerprint density at radius 2 is 1.83 bits per heavy atom. The highest BCUT2D eigenvalue weighted by Crippen LogP contribution is 2.09. The first-order chi connectivity index (χ1) is 11.7. The molecule has 1 amide bonds. The fourth-order valence-electron chi connectivity index (χ4n) is 2.23. The molecule has 8 heteroatoms. The van der Waals surface area contributed by atoms with Crippen LogP contribution >= 0.6 is 15.9 Å². The van der Waals surface area contributed by atoms with Crippen LogP contribution in [0.4, 0.5) is 0 Å². The minimum absolute atomic E-state index is 0.144. The number of rotatable bonds is 15.